The van der Waals surface area contributed by atoms with Crippen molar-refractivity contribution in [2.75, 3.05) is 0 Å². The Balaban J connectivity index is 0.000000149. The Morgan fingerprint density at radius 1 is 0.326 bits per heavy atom. The smallest absolute Gasteiger partial charge is 0.155 e. The zero-order valence-corrected chi connectivity index (χ0v) is 89.3. The van der Waals surface area contributed by atoms with Crippen LogP contribution < -0.4 is 0 Å². The summed E-state index contributed by atoms with van der Waals surface area (Å²) in [5.74, 6) is 1.78. The van der Waals surface area contributed by atoms with Gasteiger partial charge >= 0.3 is 0 Å². The van der Waals surface area contributed by atoms with E-state index in [0.29, 0.717) is 0 Å². The molecule has 0 fully saturated rings. The molecule has 12 nitrogen and oxygen atoms in total. The molecule has 0 saturated heterocycles. The molecule has 1 N–H and O–H groups in total. The first-order valence-corrected chi connectivity index (χ1v) is 44.0. The second-order valence-corrected chi connectivity index (χ2v) is 31.8. The van der Waals surface area contributed by atoms with Crippen LogP contribution in [0.15, 0.2) is 455 Å². The number of hydrogen-bond donors (Lipinski definition) is 1. The molecular formula is C118H81Ir6N10O2S2-7. The van der Waals surface area contributed by atoms with Gasteiger partial charge in [0.25, 0.3) is 0 Å². The van der Waals surface area contributed by atoms with Gasteiger partial charge in [0.15, 0.2) is 5.78 Å². The van der Waals surface area contributed by atoms with Crippen molar-refractivity contribution >= 4 is 129 Å². The molecule has 138 heavy (non-hydrogen) atoms. The van der Waals surface area contributed by atoms with Gasteiger partial charge in [-0.1, -0.05) is 192 Å². The number of pyridine rings is 5. The number of rotatable bonds is 9. The second kappa shape index (κ2) is 51.3. The second-order valence-electron chi connectivity index (χ2n) is 29.7. The van der Waals surface area contributed by atoms with Crippen molar-refractivity contribution in [1.82, 2.24) is 48.4 Å². The van der Waals surface area contributed by atoms with Gasteiger partial charge in [0.1, 0.15) is 0 Å². The number of hydrogen-bond acceptors (Lipinski definition) is 11. The SMILES string of the molecule is CC(=O)C=C(C)O.[2H]c1[c-]c(-c2ncc([2H])c([2H])c2[2H])c([2H])c([2H])c1[2H].[Ir].[Ir].[Ir].[Ir].[Ir].[Ir].[c-]1ccc2c(sc3ccccc32)c1-c1ccccn1.[c-]1ccc2c(sc3ccccc32)c1-c1ccccn1.[c-]1cccc2c1c1nc3ccccc3n1c1ccccc21.[c-]1ccccc1-c1ccccn1.[c-]1ccccc1-c1nc2ccccc2n1-c1ccccc1.[c-]1ccccc1-c1nc2ccccc2n1-c1ccccc1. The number of aliphatic hydroxyl groups excluding tert-OH is 1. The van der Waals surface area contributed by atoms with Gasteiger partial charge in [-0.25, -0.2) is 0 Å². The summed E-state index contributed by atoms with van der Waals surface area (Å²) in [4.78, 5) is 41.3. The van der Waals surface area contributed by atoms with Crippen LogP contribution >= 0.6 is 22.7 Å². The number of imidazole rings is 3. The summed E-state index contributed by atoms with van der Waals surface area (Å²) < 4.78 is 64.6. The number of para-hydroxylation sites is 9. The van der Waals surface area contributed by atoms with Gasteiger partial charge in [-0.15, -0.1) is 221 Å². The minimum Gasteiger partial charge on any atom is -0.512 e. The maximum atomic E-state index is 10.0. The van der Waals surface area contributed by atoms with E-state index in [4.69, 9.17) is 29.7 Å². The van der Waals surface area contributed by atoms with Crippen molar-refractivity contribution < 1.29 is 140 Å². The fourth-order valence-corrected chi connectivity index (χ4v) is 17.7. The summed E-state index contributed by atoms with van der Waals surface area (Å²) in [7, 11) is 0. The van der Waals surface area contributed by atoms with Crippen molar-refractivity contribution in [3.8, 4) is 79.2 Å². The van der Waals surface area contributed by atoms with E-state index < -0.39 is 12.1 Å². The zero-order chi connectivity index (χ0) is 95.7. The summed E-state index contributed by atoms with van der Waals surface area (Å²) >= 11 is 3.62. The molecule has 0 aliphatic carbocycles. The monoisotopic (exact) mass is 2900 g/mol. The third-order valence-electron chi connectivity index (χ3n) is 21.0. The number of ketones is 1. The van der Waals surface area contributed by atoms with Crippen LogP contribution in [-0.4, -0.2) is 59.3 Å². The molecule has 688 valence electrons. The topological polar surface area (TPSA) is 142 Å². The quantitative estimate of drug-likeness (QED) is 0.0647. The average molecular weight is 2900 g/mol. The molecule has 0 unspecified atom stereocenters. The molecule has 0 bridgehead atoms. The fraction of sp³-hybridized carbons (Fsp3) is 0.0169. The Morgan fingerprint density at radius 3 is 1.22 bits per heavy atom. The maximum absolute atomic E-state index is 10.0. The average Bonchev–Trinajstić information content (AvgIpc) is 1.61. The zero-order valence-electron chi connectivity index (χ0n) is 80.3. The first-order chi connectivity index (χ1) is 68.1. The number of carbonyl (C=O) groups is 1. The first-order valence-electron chi connectivity index (χ1n) is 45.8. The molecule has 10 heterocycles. The molecule has 0 saturated carbocycles. The third kappa shape index (κ3) is 24.7. The van der Waals surface area contributed by atoms with E-state index >= 15 is 0 Å². The molecular weight excluding hydrogens is 2810 g/mol. The van der Waals surface area contributed by atoms with Crippen molar-refractivity contribution in [1.29, 1.82) is 0 Å². The normalized spacial score (nSPS) is 11.1. The van der Waals surface area contributed by atoms with Gasteiger partial charge in [0, 0.05) is 181 Å². The van der Waals surface area contributed by atoms with E-state index in [1.807, 2.05) is 266 Å². The first kappa shape index (κ1) is 93.9. The Hall–Kier alpha value is -13.1. The van der Waals surface area contributed by atoms with E-state index in [-0.39, 0.29) is 174 Å². The van der Waals surface area contributed by atoms with Gasteiger partial charge in [0.2, 0.25) is 0 Å². The number of aromatic nitrogens is 10. The van der Waals surface area contributed by atoms with E-state index in [2.05, 4.69) is 222 Å². The van der Waals surface area contributed by atoms with Crippen LogP contribution in [0.1, 0.15) is 23.4 Å². The van der Waals surface area contributed by atoms with E-state index in [1.54, 1.807) is 6.20 Å². The van der Waals surface area contributed by atoms with Crippen LogP contribution in [0.3, 0.4) is 0 Å². The largest absolute Gasteiger partial charge is 0.512 e. The van der Waals surface area contributed by atoms with Gasteiger partial charge < -0.3 is 38.6 Å². The number of carbonyl (C=O) groups excluding carboxylic acids is 1. The number of aliphatic hydroxyl groups is 1. The summed E-state index contributed by atoms with van der Waals surface area (Å²) in [5, 5.41) is 17.1. The van der Waals surface area contributed by atoms with Crippen molar-refractivity contribution in [2.24, 2.45) is 0 Å². The number of fused-ring (bicyclic) bond motifs is 16. The van der Waals surface area contributed by atoms with Crippen LogP contribution in [0.4, 0.5) is 0 Å². The van der Waals surface area contributed by atoms with E-state index in [9.17, 15) is 4.79 Å². The van der Waals surface area contributed by atoms with Crippen LogP contribution in [0.2, 0.25) is 0 Å². The van der Waals surface area contributed by atoms with E-state index in [0.717, 1.165) is 118 Å². The Kier molecular flexibility index (Phi) is 34.9. The van der Waals surface area contributed by atoms with Crippen molar-refractivity contribution in [3.63, 3.8) is 0 Å². The molecule has 0 aliphatic heterocycles. The van der Waals surface area contributed by atoms with Gasteiger partial charge in [-0.3, -0.25) is 19.7 Å². The Morgan fingerprint density at radius 2 is 0.739 bits per heavy atom. The Bertz CT molecular complexity index is 8350. The van der Waals surface area contributed by atoms with Gasteiger partial charge in [-0.2, -0.15) is 22.7 Å². The van der Waals surface area contributed by atoms with Crippen molar-refractivity contribution in [2.45, 2.75) is 13.8 Å². The summed E-state index contributed by atoms with van der Waals surface area (Å²) in [6.07, 6.45) is 7.69. The van der Waals surface area contributed by atoms with Gasteiger partial charge in [0.05, 0.1) is 60.3 Å². The third-order valence-corrected chi connectivity index (χ3v) is 23.4. The fourth-order valence-electron chi connectivity index (χ4n) is 15.2. The molecule has 10 aromatic heterocycles. The molecule has 0 aliphatic rings. The number of thiophene rings is 2. The summed E-state index contributed by atoms with van der Waals surface area (Å²) in [6.45, 7) is 2.85. The molecule has 25 rings (SSSR count). The van der Waals surface area contributed by atoms with Crippen LogP contribution in [0.25, 0.3) is 180 Å². The molecule has 20 heteroatoms. The van der Waals surface area contributed by atoms with Crippen LogP contribution in [0.5, 0.6) is 0 Å². The predicted molar refractivity (Wildman–Crippen MR) is 544 cm³/mol. The number of nitrogens with zero attached hydrogens (tertiary/aromatic N) is 10. The molecule has 0 amide bonds. The summed E-state index contributed by atoms with van der Waals surface area (Å²) in [5.41, 5.74) is 18.8. The molecule has 0 atom stereocenters. The molecule has 6 radical (unpaired) electrons. The van der Waals surface area contributed by atoms with Crippen LogP contribution in [0, 0.1) is 42.5 Å². The standard InChI is InChI=1S/C19H11N2.2C19H13N2.2C17H10NS.2C11H8N.C5H8O2.6Ir/c1-2-9-15-13(7-1)14-8-3-5-11-17(14)21-18-12-6-4-10-16(18)20-19(15)21;2*1-3-9-15(10-4-1)19-20-17-13-7-8-14-18(17)21(19)16-11-5-2-6-12-16;2*1-2-10-16-12(6-1)13-7-5-8-14(17(13)19-16)15-9-3-4-11-18-15;2*1-2-6-10(7-3-1)11-8-4-5-9-12-11;1-4(6)3-5(2)7;;;;;;/h1-8,10-12H;2*1-9,11-14H;2*1-7,9-11H;2*1-6,8-9H;3,6H,1-2H3;;;;;;/q7*-1;;;;;;;/i;;;;;1D,2D,3D,4D,5D,6D,8D;;;;;;;;. The van der Waals surface area contributed by atoms with Crippen molar-refractivity contribution in [3.05, 3.63) is 497 Å². The predicted octanol–water partition coefficient (Wildman–Crippen LogP) is 29.5. The number of benzene rings is 15. The van der Waals surface area contributed by atoms with Gasteiger partial charge in [-0.05, 0) is 168 Å². The van der Waals surface area contributed by atoms with E-state index in [1.165, 1.54) is 76.6 Å². The van der Waals surface area contributed by atoms with Crippen LogP contribution in [-0.2, 0) is 125 Å². The minimum absolute atomic E-state index is 0. The molecule has 15 aromatic carbocycles. The maximum Gasteiger partial charge on any atom is 0.155 e. The molecule has 0 spiro atoms. The minimum atomic E-state index is -0.443. The number of allylic oxidation sites excluding steroid dienone is 2. The summed E-state index contributed by atoms with van der Waals surface area (Å²) in [6, 6.07) is 146. The Labute approximate surface area is 899 Å². The molecule has 25 aromatic rings.